The molecule has 0 aliphatic rings. The third kappa shape index (κ3) is 2.57. The van der Waals surface area contributed by atoms with E-state index >= 15 is 0 Å². The Morgan fingerprint density at radius 3 is 2.53 bits per heavy atom. The van der Waals surface area contributed by atoms with Crippen molar-refractivity contribution in [2.75, 3.05) is 7.05 Å². The van der Waals surface area contributed by atoms with Crippen molar-refractivity contribution in [1.82, 2.24) is 4.90 Å². The van der Waals surface area contributed by atoms with Crippen molar-refractivity contribution in [3.05, 3.63) is 20.8 Å². The monoisotopic (exact) mass is 291 g/mol. The Hall–Kier alpha value is -0.880. The van der Waals surface area contributed by atoms with E-state index in [0.29, 0.717) is 9.35 Å². The van der Waals surface area contributed by atoms with Gasteiger partial charge in [-0.1, -0.05) is 0 Å². The Morgan fingerprint density at radius 1 is 1.60 bits per heavy atom. The molecule has 0 bridgehead atoms. The molecule has 0 saturated carbocycles. The Bertz CT molecular complexity index is 390. The Kier molecular flexibility index (Phi) is 3.87. The molecule has 0 fully saturated rings. The summed E-state index contributed by atoms with van der Waals surface area (Å²) in [6.07, 6.45) is 0. The van der Waals surface area contributed by atoms with Crippen LogP contribution < -0.4 is 0 Å². The molecule has 1 unspecified atom stereocenters. The van der Waals surface area contributed by atoms with Gasteiger partial charge in [-0.2, -0.15) is 0 Å². The van der Waals surface area contributed by atoms with E-state index in [1.807, 2.05) is 0 Å². The number of carboxylic acid groups (broad SMARTS) is 1. The fraction of sp³-hybridized carbons (Fsp3) is 0.333. The molecule has 0 spiro atoms. The predicted octanol–water partition coefficient (Wildman–Crippen LogP) is 2.11. The number of rotatable bonds is 3. The molecule has 1 amide bonds. The van der Waals surface area contributed by atoms with Gasteiger partial charge in [-0.05, 0) is 27.4 Å². The lowest BCUT2D eigenvalue weighted by Gasteiger charge is -2.22. The van der Waals surface area contributed by atoms with Crippen molar-refractivity contribution in [2.24, 2.45) is 0 Å². The number of hydrogen-bond donors (Lipinski definition) is 1. The normalized spacial score (nSPS) is 12.2. The van der Waals surface area contributed by atoms with Crippen LogP contribution >= 0.6 is 27.3 Å². The van der Waals surface area contributed by atoms with E-state index in [9.17, 15) is 9.59 Å². The van der Waals surface area contributed by atoms with Crippen molar-refractivity contribution < 1.29 is 14.7 Å². The second kappa shape index (κ2) is 4.76. The maximum absolute atomic E-state index is 11.1. The first-order valence-electron chi connectivity index (χ1n) is 4.14. The van der Waals surface area contributed by atoms with E-state index in [0.717, 1.165) is 0 Å². The SMILES string of the molecule is CC(=O)N(C)C(C(=O)O)c1sccc1Br. The first kappa shape index (κ1) is 12.2. The Labute approximate surface area is 99.6 Å². The van der Waals surface area contributed by atoms with E-state index in [2.05, 4.69) is 15.9 Å². The maximum Gasteiger partial charge on any atom is 0.332 e. The predicted molar refractivity (Wildman–Crippen MR) is 60.8 cm³/mol. The molecule has 82 valence electrons. The number of aliphatic carboxylic acids is 1. The minimum absolute atomic E-state index is 0.275. The minimum Gasteiger partial charge on any atom is -0.479 e. The largest absolute Gasteiger partial charge is 0.479 e. The standard InChI is InChI=1S/C9H10BrNO3S/c1-5(12)11(2)7(9(13)14)8-6(10)3-4-15-8/h3-4,7H,1-2H3,(H,13,14). The molecule has 1 aromatic heterocycles. The third-order valence-corrected chi connectivity index (χ3v) is 3.93. The molecule has 0 aliphatic carbocycles. The van der Waals surface area contributed by atoms with Crippen molar-refractivity contribution in [1.29, 1.82) is 0 Å². The molecular formula is C9H10BrNO3S. The smallest absolute Gasteiger partial charge is 0.332 e. The summed E-state index contributed by atoms with van der Waals surface area (Å²) in [6, 6.07) is 0.848. The Morgan fingerprint density at radius 2 is 2.20 bits per heavy atom. The number of carboxylic acids is 1. The summed E-state index contributed by atoms with van der Waals surface area (Å²) in [5, 5.41) is 10.9. The highest BCUT2D eigenvalue weighted by molar-refractivity contribution is 9.10. The molecule has 0 saturated heterocycles. The van der Waals surface area contributed by atoms with Crippen LogP contribution in [0.1, 0.15) is 17.8 Å². The fourth-order valence-electron chi connectivity index (χ4n) is 1.14. The summed E-state index contributed by atoms with van der Waals surface area (Å²) in [6.45, 7) is 1.34. The van der Waals surface area contributed by atoms with Crippen molar-refractivity contribution in [3.8, 4) is 0 Å². The van der Waals surface area contributed by atoms with Gasteiger partial charge in [-0.15, -0.1) is 11.3 Å². The first-order valence-corrected chi connectivity index (χ1v) is 5.81. The molecule has 0 radical (unpaired) electrons. The molecule has 1 N–H and O–H groups in total. The zero-order valence-electron chi connectivity index (χ0n) is 8.23. The number of halogens is 1. The fourth-order valence-corrected chi connectivity index (χ4v) is 2.86. The van der Waals surface area contributed by atoms with Crippen molar-refractivity contribution in [2.45, 2.75) is 13.0 Å². The lowest BCUT2D eigenvalue weighted by atomic mass is 10.2. The molecule has 1 heterocycles. The van der Waals surface area contributed by atoms with Crippen LogP contribution in [0.3, 0.4) is 0 Å². The first-order chi connectivity index (χ1) is 6.95. The van der Waals surface area contributed by atoms with Crippen molar-refractivity contribution in [3.63, 3.8) is 0 Å². The zero-order chi connectivity index (χ0) is 11.6. The lowest BCUT2D eigenvalue weighted by Crippen LogP contribution is -2.33. The minimum atomic E-state index is -1.03. The van der Waals surface area contributed by atoms with Gasteiger partial charge in [0, 0.05) is 18.4 Å². The van der Waals surface area contributed by atoms with Gasteiger partial charge in [-0.25, -0.2) is 4.79 Å². The molecule has 6 heteroatoms. The van der Waals surface area contributed by atoms with Gasteiger partial charge in [0.1, 0.15) is 0 Å². The maximum atomic E-state index is 11.1. The number of thiophene rings is 1. The zero-order valence-corrected chi connectivity index (χ0v) is 10.6. The van der Waals surface area contributed by atoms with E-state index in [-0.39, 0.29) is 5.91 Å². The van der Waals surface area contributed by atoms with Gasteiger partial charge in [-0.3, -0.25) is 4.79 Å². The summed E-state index contributed by atoms with van der Waals surface area (Å²) in [5.41, 5.74) is 0. The molecule has 15 heavy (non-hydrogen) atoms. The van der Waals surface area contributed by atoms with Gasteiger partial charge >= 0.3 is 5.97 Å². The summed E-state index contributed by atoms with van der Waals surface area (Å²) >= 11 is 4.57. The molecule has 1 aromatic rings. The molecule has 1 atom stereocenters. The van der Waals surface area contributed by atoms with Crippen LogP contribution in [0, 0.1) is 0 Å². The third-order valence-electron chi connectivity index (χ3n) is 2.01. The number of amides is 1. The molecule has 1 rings (SSSR count). The van der Waals surface area contributed by atoms with Crippen LogP contribution in [0.5, 0.6) is 0 Å². The average Bonchev–Trinajstić information content (AvgIpc) is 2.52. The number of nitrogens with zero attached hydrogens (tertiary/aromatic N) is 1. The lowest BCUT2D eigenvalue weighted by molar-refractivity contribution is -0.148. The second-order valence-corrected chi connectivity index (χ2v) is 4.81. The second-order valence-electron chi connectivity index (χ2n) is 3.00. The Balaban J connectivity index is 3.09. The van der Waals surface area contributed by atoms with Crippen LogP contribution in [0.25, 0.3) is 0 Å². The molecular weight excluding hydrogens is 282 g/mol. The van der Waals surface area contributed by atoms with E-state index in [1.54, 1.807) is 11.4 Å². The van der Waals surface area contributed by atoms with Crippen LogP contribution in [0.2, 0.25) is 0 Å². The van der Waals surface area contributed by atoms with Gasteiger partial charge < -0.3 is 10.0 Å². The highest BCUT2D eigenvalue weighted by atomic mass is 79.9. The summed E-state index contributed by atoms with van der Waals surface area (Å²) in [4.78, 5) is 24.1. The summed E-state index contributed by atoms with van der Waals surface area (Å²) < 4.78 is 0.716. The number of carbonyl (C=O) groups is 2. The van der Waals surface area contributed by atoms with Gasteiger partial charge in [0.2, 0.25) is 5.91 Å². The quantitative estimate of drug-likeness (QED) is 0.928. The van der Waals surface area contributed by atoms with Crippen LogP contribution in [-0.4, -0.2) is 28.9 Å². The molecule has 4 nitrogen and oxygen atoms in total. The topological polar surface area (TPSA) is 57.6 Å². The van der Waals surface area contributed by atoms with Crippen LogP contribution in [0.15, 0.2) is 15.9 Å². The van der Waals surface area contributed by atoms with Gasteiger partial charge in [0.15, 0.2) is 6.04 Å². The number of likely N-dealkylation sites (N-methyl/N-ethyl adjacent to an activating group) is 1. The van der Waals surface area contributed by atoms with Gasteiger partial charge in [0.25, 0.3) is 0 Å². The molecule has 0 aliphatic heterocycles. The average molecular weight is 292 g/mol. The van der Waals surface area contributed by atoms with Gasteiger partial charge in [0.05, 0.1) is 4.88 Å². The number of carbonyl (C=O) groups excluding carboxylic acids is 1. The van der Waals surface area contributed by atoms with Crippen molar-refractivity contribution >= 4 is 39.1 Å². The summed E-state index contributed by atoms with van der Waals surface area (Å²) in [7, 11) is 1.48. The van der Waals surface area contributed by atoms with E-state index < -0.39 is 12.0 Å². The van der Waals surface area contributed by atoms with E-state index in [1.165, 1.54) is 30.2 Å². The highest BCUT2D eigenvalue weighted by Crippen LogP contribution is 2.32. The highest BCUT2D eigenvalue weighted by Gasteiger charge is 2.29. The summed E-state index contributed by atoms with van der Waals surface area (Å²) in [5.74, 6) is -1.31. The van der Waals surface area contributed by atoms with Crippen LogP contribution in [-0.2, 0) is 9.59 Å². The number of hydrogen-bond acceptors (Lipinski definition) is 3. The molecule has 0 aromatic carbocycles. The van der Waals surface area contributed by atoms with E-state index in [4.69, 9.17) is 5.11 Å². The van der Waals surface area contributed by atoms with Crippen LogP contribution in [0.4, 0.5) is 0 Å².